The summed E-state index contributed by atoms with van der Waals surface area (Å²) in [7, 11) is 0. The van der Waals surface area contributed by atoms with Gasteiger partial charge in [-0.3, -0.25) is 4.57 Å². The van der Waals surface area contributed by atoms with Crippen LogP contribution in [0.25, 0.3) is 22.3 Å². The number of nitrogens with one attached hydrogen (secondary N) is 1. The van der Waals surface area contributed by atoms with Gasteiger partial charge in [-0.15, -0.1) is 0 Å². The Morgan fingerprint density at radius 2 is 1.86 bits per heavy atom. The number of nitriles is 1. The number of aromatic carboxylic acids is 1. The molecule has 3 aromatic carbocycles. The predicted molar refractivity (Wildman–Crippen MR) is 152 cm³/mol. The van der Waals surface area contributed by atoms with Crippen molar-refractivity contribution in [1.29, 1.82) is 5.26 Å². The molecule has 2 N–H and O–H groups in total. The van der Waals surface area contributed by atoms with Gasteiger partial charge in [0.1, 0.15) is 18.2 Å². The van der Waals surface area contributed by atoms with Crippen molar-refractivity contribution < 1.29 is 23.8 Å². The van der Waals surface area contributed by atoms with Crippen LogP contribution in [-0.2, 0) is 13.2 Å². The third-order valence-corrected chi connectivity index (χ3v) is 6.59. The molecule has 6 aromatic rings. The van der Waals surface area contributed by atoms with Crippen LogP contribution in [0.15, 0.2) is 97.2 Å². The maximum Gasteiger partial charge on any atom is 0.335 e. The molecule has 0 saturated carbocycles. The second-order valence-electron chi connectivity index (χ2n) is 9.38. The lowest BCUT2D eigenvalue weighted by Gasteiger charge is -2.11. The highest BCUT2D eigenvalue weighted by molar-refractivity contribution is 5.92. The zero-order valence-electron chi connectivity index (χ0n) is 22.0. The summed E-state index contributed by atoms with van der Waals surface area (Å²) in [6.07, 6.45) is 1.82. The summed E-state index contributed by atoms with van der Waals surface area (Å²) >= 11 is 0. The summed E-state index contributed by atoms with van der Waals surface area (Å²) in [5.41, 5.74) is 4.34. The van der Waals surface area contributed by atoms with Gasteiger partial charge in [0.2, 0.25) is 5.88 Å². The lowest BCUT2D eigenvalue weighted by Crippen LogP contribution is -2.04. The summed E-state index contributed by atoms with van der Waals surface area (Å²) in [6, 6.07) is 27.6. The molecule has 0 radical (unpaired) electrons. The molecule has 0 unspecified atom stereocenters. The van der Waals surface area contributed by atoms with Gasteiger partial charge < -0.3 is 19.6 Å². The van der Waals surface area contributed by atoms with Crippen LogP contribution < -0.4 is 9.47 Å². The predicted octanol–water partition coefficient (Wildman–Crippen LogP) is 6.55. The zero-order chi connectivity index (χ0) is 29.1. The molecular formula is C32H22FN5O4. The van der Waals surface area contributed by atoms with Gasteiger partial charge in [-0.2, -0.15) is 10.2 Å². The van der Waals surface area contributed by atoms with Crippen molar-refractivity contribution in [1.82, 2.24) is 19.5 Å². The van der Waals surface area contributed by atoms with E-state index in [0.29, 0.717) is 46.5 Å². The normalized spacial score (nSPS) is 10.9. The van der Waals surface area contributed by atoms with Gasteiger partial charge in [0, 0.05) is 29.1 Å². The molecule has 0 atom stereocenters. The molecule has 0 fully saturated rings. The van der Waals surface area contributed by atoms with E-state index in [1.165, 1.54) is 24.3 Å². The minimum Gasteiger partial charge on any atom is -0.478 e. The van der Waals surface area contributed by atoms with E-state index < -0.39 is 11.8 Å². The molecule has 0 bridgehead atoms. The van der Waals surface area contributed by atoms with E-state index in [1.54, 1.807) is 36.4 Å². The highest BCUT2D eigenvalue weighted by Gasteiger charge is 2.16. The smallest absolute Gasteiger partial charge is 0.335 e. The Morgan fingerprint density at radius 1 is 1.00 bits per heavy atom. The number of carboxylic acid groups (broad SMARTS) is 1. The molecule has 42 heavy (non-hydrogen) atoms. The second kappa shape index (κ2) is 11.3. The van der Waals surface area contributed by atoms with Crippen LogP contribution in [0, 0.1) is 17.1 Å². The van der Waals surface area contributed by atoms with Crippen LogP contribution in [0.3, 0.4) is 0 Å². The molecule has 3 heterocycles. The number of hydrogen-bond acceptors (Lipinski definition) is 6. The van der Waals surface area contributed by atoms with Crippen molar-refractivity contribution in [2.75, 3.05) is 0 Å². The van der Waals surface area contributed by atoms with Crippen LogP contribution in [0.2, 0.25) is 0 Å². The minimum absolute atomic E-state index is 0.0295. The van der Waals surface area contributed by atoms with Crippen molar-refractivity contribution in [3.8, 4) is 35.0 Å². The van der Waals surface area contributed by atoms with E-state index in [0.717, 1.165) is 11.3 Å². The fraction of sp³-hybridized carbons (Fsp3) is 0.0625. The Balaban J connectivity index is 1.21. The summed E-state index contributed by atoms with van der Waals surface area (Å²) in [6.45, 7) is 0.376. The van der Waals surface area contributed by atoms with Gasteiger partial charge in [-0.25, -0.2) is 14.2 Å². The first-order chi connectivity index (χ1) is 20.5. The summed E-state index contributed by atoms with van der Waals surface area (Å²) in [5.74, 6) is -0.670. The van der Waals surface area contributed by atoms with Gasteiger partial charge >= 0.3 is 12.0 Å². The van der Waals surface area contributed by atoms with Gasteiger partial charge in [-0.1, -0.05) is 12.1 Å². The van der Waals surface area contributed by atoms with Crippen LogP contribution in [0.4, 0.5) is 4.39 Å². The number of rotatable bonds is 9. The molecule has 0 aliphatic heterocycles. The molecule has 206 valence electrons. The lowest BCUT2D eigenvalue weighted by molar-refractivity contribution is 0.0697. The summed E-state index contributed by atoms with van der Waals surface area (Å²) in [4.78, 5) is 23.9. The van der Waals surface area contributed by atoms with E-state index in [2.05, 4.69) is 15.0 Å². The fourth-order valence-corrected chi connectivity index (χ4v) is 4.44. The standard InChI is InChI=1S/C32H22FN5O4/c33-26-15-20(17-34)6-7-23(26)19-41-30-5-1-4-27(36-30)21-8-11-25(12-9-21)42-32-37-28-13-10-22(31(39)40)16-29(28)38(32)18-24-3-2-14-35-24/h1-16,35H,18-19H2,(H,39,40). The molecule has 0 aliphatic carbocycles. The number of imidazole rings is 1. The van der Waals surface area contributed by atoms with Crippen LogP contribution >= 0.6 is 0 Å². The van der Waals surface area contributed by atoms with Gasteiger partial charge in [0.05, 0.1) is 40.5 Å². The Kier molecular flexibility index (Phi) is 7.05. The first-order valence-electron chi connectivity index (χ1n) is 12.9. The summed E-state index contributed by atoms with van der Waals surface area (Å²) < 4.78 is 27.9. The highest BCUT2D eigenvalue weighted by Crippen LogP contribution is 2.30. The third-order valence-electron chi connectivity index (χ3n) is 6.59. The number of fused-ring (bicyclic) bond motifs is 1. The molecule has 0 aliphatic rings. The molecule has 6 rings (SSSR count). The van der Waals surface area contributed by atoms with E-state index in [9.17, 15) is 14.3 Å². The first-order valence-corrected chi connectivity index (χ1v) is 12.9. The number of hydrogen-bond donors (Lipinski definition) is 2. The fourth-order valence-electron chi connectivity index (χ4n) is 4.44. The average Bonchev–Trinajstić information content (AvgIpc) is 3.65. The van der Waals surface area contributed by atoms with E-state index in [-0.39, 0.29) is 17.7 Å². The molecule has 9 nitrogen and oxygen atoms in total. The van der Waals surface area contributed by atoms with Crippen molar-refractivity contribution in [3.05, 3.63) is 125 Å². The third kappa shape index (κ3) is 5.52. The monoisotopic (exact) mass is 559 g/mol. The highest BCUT2D eigenvalue weighted by atomic mass is 19.1. The average molecular weight is 560 g/mol. The van der Waals surface area contributed by atoms with E-state index in [1.807, 2.05) is 47.2 Å². The number of carboxylic acids is 1. The van der Waals surface area contributed by atoms with Gasteiger partial charge in [0.25, 0.3) is 0 Å². The number of ether oxygens (including phenoxy) is 2. The SMILES string of the molecule is N#Cc1ccc(COc2cccc(-c3ccc(Oc4nc5ccc(C(=O)O)cc5n4Cc4ccc[nH]4)cc3)n2)c(F)c1. The van der Waals surface area contributed by atoms with Gasteiger partial charge in [0.15, 0.2) is 0 Å². The number of H-pyrrole nitrogens is 1. The largest absolute Gasteiger partial charge is 0.478 e. The van der Waals surface area contributed by atoms with Crippen LogP contribution in [0.5, 0.6) is 17.6 Å². The van der Waals surface area contributed by atoms with Crippen molar-refractivity contribution in [2.45, 2.75) is 13.2 Å². The van der Waals surface area contributed by atoms with Crippen molar-refractivity contribution >= 4 is 17.0 Å². The molecular weight excluding hydrogens is 537 g/mol. The first kappa shape index (κ1) is 26.3. The Labute approximate surface area is 239 Å². The number of carbonyl (C=O) groups is 1. The molecule has 0 saturated heterocycles. The second-order valence-corrected chi connectivity index (χ2v) is 9.38. The topological polar surface area (TPSA) is 126 Å². The molecule has 10 heteroatoms. The quantitative estimate of drug-likeness (QED) is 0.206. The maximum atomic E-state index is 14.2. The minimum atomic E-state index is -1.02. The summed E-state index contributed by atoms with van der Waals surface area (Å²) in [5, 5.41) is 18.4. The van der Waals surface area contributed by atoms with Crippen molar-refractivity contribution in [3.63, 3.8) is 0 Å². The number of benzene rings is 3. The van der Waals surface area contributed by atoms with Gasteiger partial charge in [-0.05, 0) is 72.8 Å². The Bertz CT molecular complexity index is 1940. The number of aromatic amines is 1. The molecule has 0 amide bonds. The lowest BCUT2D eigenvalue weighted by atomic mass is 10.1. The van der Waals surface area contributed by atoms with Crippen molar-refractivity contribution in [2.24, 2.45) is 0 Å². The number of nitrogens with zero attached hydrogens (tertiary/aromatic N) is 4. The Morgan fingerprint density at radius 3 is 2.60 bits per heavy atom. The molecule has 0 spiro atoms. The van der Waals surface area contributed by atoms with Crippen LogP contribution in [0.1, 0.15) is 27.2 Å². The number of aromatic nitrogens is 4. The van der Waals surface area contributed by atoms with Crippen LogP contribution in [-0.4, -0.2) is 30.6 Å². The maximum absolute atomic E-state index is 14.2. The number of pyridine rings is 1. The number of halogens is 1. The molecule has 3 aromatic heterocycles. The Hall–Kier alpha value is -5.95. The van der Waals surface area contributed by atoms with E-state index in [4.69, 9.17) is 14.7 Å². The zero-order valence-corrected chi connectivity index (χ0v) is 22.0. The van der Waals surface area contributed by atoms with E-state index >= 15 is 0 Å².